The maximum absolute atomic E-state index is 12.9. The highest BCUT2D eigenvalue weighted by Gasteiger charge is 2.30. The van der Waals surface area contributed by atoms with Crippen LogP contribution in [0.5, 0.6) is 0 Å². The molecule has 3 heterocycles. The van der Waals surface area contributed by atoms with Gasteiger partial charge in [-0.15, -0.1) is 10.2 Å². The van der Waals surface area contributed by atoms with Crippen molar-refractivity contribution in [2.75, 3.05) is 13.1 Å². The highest BCUT2D eigenvalue weighted by molar-refractivity contribution is 5.95. The number of hydrogen-bond acceptors (Lipinski definition) is 4. The van der Waals surface area contributed by atoms with Gasteiger partial charge in [-0.1, -0.05) is 36.4 Å². The number of likely N-dealkylation sites (tertiary alicyclic amines) is 1. The van der Waals surface area contributed by atoms with Crippen molar-refractivity contribution in [3.8, 4) is 0 Å². The second-order valence-corrected chi connectivity index (χ2v) is 7.58. The summed E-state index contributed by atoms with van der Waals surface area (Å²) in [4.78, 5) is 27.0. The smallest absolute Gasteiger partial charge is 0.244 e. The second kappa shape index (κ2) is 8.90. The van der Waals surface area contributed by atoms with Crippen molar-refractivity contribution in [3.05, 3.63) is 72.2 Å². The minimum Gasteiger partial charge on any atom is -0.341 e. The van der Waals surface area contributed by atoms with E-state index < -0.39 is 6.04 Å². The predicted octanol–water partition coefficient (Wildman–Crippen LogP) is 2.65. The Balaban J connectivity index is 1.37. The number of amides is 2. The Hall–Kier alpha value is -3.48. The number of fused-ring (bicyclic) bond motifs is 1. The van der Waals surface area contributed by atoms with Gasteiger partial charge in [-0.25, -0.2) is 0 Å². The molecule has 0 unspecified atom stereocenters. The van der Waals surface area contributed by atoms with E-state index >= 15 is 0 Å². The molecule has 30 heavy (non-hydrogen) atoms. The molecular formula is C23H25N5O2. The predicted molar refractivity (Wildman–Crippen MR) is 115 cm³/mol. The molecule has 3 aromatic rings. The number of carbonyl (C=O) groups excluding carboxylic acids is 2. The SMILES string of the molecule is C[C@H](NC(=O)/C=C/c1ccccc1)C(=O)N1CCC[C@@H](c2nnc3ccccn23)C1. The molecule has 1 N–H and O–H groups in total. The summed E-state index contributed by atoms with van der Waals surface area (Å²) < 4.78 is 1.98. The summed E-state index contributed by atoms with van der Waals surface area (Å²) in [5.41, 5.74) is 1.74. The molecule has 2 atom stereocenters. The van der Waals surface area contributed by atoms with Crippen LogP contribution < -0.4 is 5.32 Å². The van der Waals surface area contributed by atoms with Crippen LogP contribution in [0.3, 0.4) is 0 Å². The van der Waals surface area contributed by atoms with Crippen LogP contribution in [-0.4, -0.2) is 50.4 Å². The Kier molecular flexibility index (Phi) is 5.88. The first-order chi connectivity index (χ1) is 14.6. The van der Waals surface area contributed by atoms with Gasteiger partial charge in [0.2, 0.25) is 11.8 Å². The molecule has 7 heteroatoms. The summed E-state index contributed by atoms with van der Waals surface area (Å²) in [6.07, 6.45) is 7.00. The van der Waals surface area contributed by atoms with Gasteiger partial charge in [-0.3, -0.25) is 14.0 Å². The fraction of sp³-hybridized carbons (Fsp3) is 0.304. The molecule has 0 spiro atoms. The number of carbonyl (C=O) groups is 2. The van der Waals surface area contributed by atoms with Crippen molar-refractivity contribution in [2.24, 2.45) is 0 Å². The molecule has 1 saturated heterocycles. The van der Waals surface area contributed by atoms with Crippen LogP contribution in [0.4, 0.5) is 0 Å². The minimum absolute atomic E-state index is 0.0741. The molecule has 2 aromatic heterocycles. The number of benzene rings is 1. The Morgan fingerprint density at radius 3 is 2.77 bits per heavy atom. The van der Waals surface area contributed by atoms with E-state index in [2.05, 4.69) is 15.5 Å². The van der Waals surface area contributed by atoms with Crippen molar-refractivity contribution >= 4 is 23.5 Å². The lowest BCUT2D eigenvalue weighted by Gasteiger charge is -2.33. The molecule has 1 aliphatic rings. The summed E-state index contributed by atoms with van der Waals surface area (Å²) >= 11 is 0. The lowest BCUT2D eigenvalue weighted by Crippen LogP contribution is -2.49. The van der Waals surface area contributed by atoms with Crippen LogP contribution in [0.1, 0.15) is 37.1 Å². The number of nitrogens with one attached hydrogen (secondary N) is 1. The Morgan fingerprint density at radius 2 is 1.93 bits per heavy atom. The quantitative estimate of drug-likeness (QED) is 0.664. The summed E-state index contributed by atoms with van der Waals surface area (Å²) in [5.74, 6) is 0.651. The van der Waals surface area contributed by atoms with Crippen LogP contribution in [0, 0.1) is 0 Å². The molecular weight excluding hydrogens is 378 g/mol. The fourth-order valence-corrected chi connectivity index (χ4v) is 3.86. The van der Waals surface area contributed by atoms with Gasteiger partial charge in [-0.05, 0) is 43.5 Å². The Bertz CT molecular complexity index is 1060. The van der Waals surface area contributed by atoms with E-state index in [0.29, 0.717) is 13.1 Å². The fourth-order valence-electron chi connectivity index (χ4n) is 3.86. The largest absolute Gasteiger partial charge is 0.341 e. The van der Waals surface area contributed by atoms with E-state index in [1.165, 1.54) is 6.08 Å². The van der Waals surface area contributed by atoms with E-state index in [1.54, 1.807) is 13.0 Å². The average molecular weight is 403 g/mol. The molecule has 2 amide bonds. The first kappa shape index (κ1) is 19.8. The maximum atomic E-state index is 12.9. The molecule has 1 aliphatic heterocycles. The molecule has 0 saturated carbocycles. The standard InChI is InChI=1S/C23H25N5O2/c1-17(24-21(29)13-12-18-8-3-2-4-9-18)23(30)27-14-7-10-19(16-27)22-26-25-20-11-5-6-15-28(20)22/h2-6,8-9,11-13,15,17,19H,7,10,14,16H2,1H3,(H,24,29)/b13-12+/t17-,19+/m0/s1. The van der Waals surface area contributed by atoms with Gasteiger partial charge in [0.25, 0.3) is 0 Å². The van der Waals surface area contributed by atoms with Crippen LogP contribution in [0.2, 0.25) is 0 Å². The van der Waals surface area contributed by atoms with E-state index in [0.717, 1.165) is 29.9 Å². The third kappa shape index (κ3) is 4.40. The first-order valence-electron chi connectivity index (χ1n) is 10.2. The maximum Gasteiger partial charge on any atom is 0.244 e. The lowest BCUT2D eigenvalue weighted by atomic mass is 9.96. The number of nitrogens with zero attached hydrogens (tertiary/aromatic N) is 4. The highest BCUT2D eigenvalue weighted by atomic mass is 16.2. The van der Waals surface area contributed by atoms with Crippen molar-refractivity contribution in [3.63, 3.8) is 0 Å². The minimum atomic E-state index is -0.591. The third-order valence-corrected chi connectivity index (χ3v) is 5.39. The van der Waals surface area contributed by atoms with Crippen LogP contribution >= 0.6 is 0 Å². The van der Waals surface area contributed by atoms with E-state index in [9.17, 15) is 9.59 Å². The molecule has 1 fully saturated rings. The number of pyridine rings is 1. The second-order valence-electron chi connectivity index (χ2n) is 7.58. The number of aromatic nitrogens is 3. The van der Waals surface area contributed by atoms with Crippen molar-refractivity contribution in [2.45, 2.75) is 31.7 Å². The number of piperidine rings is 1. The molecule has 0 aliphatic carbocycles. The summed E-state index contributed by atoms with van der Waals surface area (Å²) in [6, 6.07) is 14.8. The third-order valence-electron chi connectivity index (χ3n) is 5.39. The molecule has 4 rings (SSSR count). The van der Waals surface area contributed by atoms with E-state index in [-0.39, 0.29) is 17.7 Å². The molecule has 154 valence electrons. The van der Waals surface area contributed by atoms with Crippen molar-refractivity contribution < 1.29 is 9.59 Å². The Labute approximate surface area is 175 Å². The van der Waals surface area contributed by atoms with Gasteiger partial charge in [0.15, 0.2) is 5.65 Å². The zero-order valence-electron chi connectivity index (χ0n) is 16.9. The number of rotatable bonds is 5. The summed E-state index contributed by atoms with van der Waals surface area (Å²) in [5, 5.41) is 11.4. The van der Waals surface area contributed by atoms with Crippen LogP contribution in [0.15, 0.2) is 60.8 Å². The van der Waals surface area contributed by atoms with Gasteiger partial charge in [0.05, 0.1) is 0 Å². The van der Waals surface area contributed by atoms with E-state index in [4.69, 9.17) is 0 Å². The zero-order chi connectivity index (χ0) is 20.9. The van der Waals surface area contributed by atoms with Crippen molar-refractivity contribution in [1.29, 1.82) is 0 Å². The summed E-state index contributed by atoms with van der Waals surface area (Å²) in [6.45, 7) is 2.99. The topological polar surface area (TPSA) is 79.6 Å². The normalized spacial score (nSPS) is 17.9. The van der Waals surface area contributed by atoms with E-state index in [1.807, 2.05) is 64.0 Å². The van der Waals surface area contributed by atoms with Gasteiger partial charge < -0.3 is 10.2 Å². The molecule has 0 bridgehead atoms. The Morgan fingerprint density at radius 1 is 1.13 bits per heavy atom. The lowest BCUT2D eigenvalue weighted by molar-refractivity contribution is -0.136. The van der Waals surface area contributed by atoms with Crippen molar-refractivity contribution in [1.82, 2.24) is 24.8 Å². The highest BCUT2D eigenvalue weighted by Crippen LogP contribution is 2.26. The molecule has 1 aromatic carbocycles. The van der Waals surface area contributed by atoms with Crippen LogP contribution in [0.25, 0.3) is 11.7 Å². The molecule has 7 nitrogen and oxygen atoms in total. The van der Waals surface area contributed by atoms with Gasteiger partial charge in [-0.2, -0.15) is 0 Å². The van der Waals surface area contributed by atoms with Crippen LogP contribution in [-0.2, 0) is 9.59 Å². The number of hydrogen-bond donors (Lipinski definition) is 1. The van der Waals surface area contributed by atoms with Gasteiger partial charge in [0.1, 0.15) is 11.9 Å². The zero-order valence-corrected chi connectivity index (χ0v) is 16.9. The van der Waals surface area contributed by atoms with Gasteiger partial charge in [0, 0.05) is 31.3 Å². The molecule has 0 radical (unpaired) electrons. The average Bonchev–Trinajstić information content (AvgIpc) is 3.22. The summed E-state index contributed by atoms with van der Waals surface area (Å²) in [7, 11) is 0. The monoisotopic (exact) mass is 403 g/mol. The first-order valence-corrected chi connectivity index (χ1v) is 10.2. The van der Waals surface area contributed by atoms with Gasteiger partial charge >= 0.3 is 0 Å².